The van der Waals surface area contributed by atoms with E-state index in [1.54, 1.807) is 11.8 Å². The molecule has 0 spiro atoms. The molecule has 2 aromatic heterocycles. The van der Waals surface area contributed by atoms with Gasteiger partial charge in [-0.25, -0.2) is 9.97 Å². The topological polar surface area (TPSA) is 84.7 Å². The molecule has 0 bridgehead atoms. The molecule has 0 aliphatic rings. The lowest BCUT2D eigenvalue weighted by atomic mass is 10.1. The first-order chi connectivity index (χ1) is 12.3. The highest BCUT2D eigenvalue weighted by atomic mass is 32.2. The van der Waals surface area contributed by atoms with E-state index in [1.165, 1.54) is 0 Å². The fourth-order valence-corrected chi connectivity index (χ4v) is 3.29. The Hall–Kier alpha value is -2.09. The molecule has 0 saturated carbocycles. The third-order valence-electron chi connectivity index (χ3n) is 4.31. The van der Waals surface area contributed by atoms with E-state index in [0.717, 1.165) is 34.1 Å². The Bertz CT molecular complexity index is 753. The molecule has 0 unspecified atom stereocenters. The minimum absolute atomic E-state index is 0.0514. The highest BCUT2D eigenvalue weighted by Gasteiger charge is 2.20. The van der Waals surface area contributed by atoms with Crippen LogP contribution in [-0.2, 0) is 18.4 Å². The Labute approximate surface area is 159 Å². The average Bonchev–Trinajstić information content (AvgIpc) is 2.80. The fourth-order valence-electron chi connectivity index (χ4n) is 2.82. The molecule has 8 heteroatoms. The molecular weight excluding hydrogens is 348 g/mol. The molecular formula is C18H28N6OS. The number of aromatic nitrogens is 4. The number of hydrogen-bond donors (Lipinski definition) is 2. The SMILES string of the molecule is CSCC[C@H](Nc1nc(C)cc(C)n1)C(=O)NCc1c(C)nn(C)c1C. The van der Waals surface area contributed by atoms with Gasteiger partial charge in [-0.3, -0.25) is 9.48 Å². The molecule has 0 fully saturated rings. The van der Waals surface area contributed by atoms with Crippen molar-refractivity contribution >= 4 is 23.6 Å². The minimum atomic E-state index is -0.374. The highest BCUT2D eigenvalue weighted by Crippen LogP contribution is 2.13. The quantitative estimate of drug-likeness (QED) is 0.735. The van der Waals surface area contributed by atoms with E-state index in [2.05, 4.69) is 25.7 Å². The van der Waals surface area contributed by atoms with Gasteiger partial charge in [0.15, 0.2) is 0 Å². The second-order valence-corrected chi connectivity index (χ2v) is 7.43. The van der Waals surface area contributed by atoms with Gasteiger partial charge in [0.25, 0.3) is 0 Å². The van der Waals surface area contributed by atoms with Crippen LogP contribution in [0.15, 0.2) is 6.07 Å². The molecule has 0 aliphatic heterocycles. The molecule has 2 aromatic rings. The van der Waals surface area contributed by atoms with Crippen LogP contribution in [0, 0.1) is 27.7 Å². The molecule has 2 N–H and O–H groups in total. The predicted molar refractivity (Wildman–Crippen MR) is 106 cm³/mol. The van der Waals surface area contributed by atoms with Crippen LogP contribution in [0.25, 0.3) is 0 Å². The molecule has 7 nitrogen and oxygen atoms in total. The van der Waals surface area contributed by atoms with Crippen LogP contribution in [0.1, 0.15) is 34.8 Å². The number of carbonyl (C=O) groups excluding carboxylic acids is 1. The summed E-state index contributed by atoms with van der Waals surface area (Å²) in [5.41, 5.74) is 4.83. The Kier molecular flexibility index (Phi) is 7.02. The third-order valence-corrected chi connectivity index (χ3v) is 4.95. The molecule has 0 radical (unpaired) electrons. The zero-order valence-corrected chi connectivity index (χ0v) is 17.2. The van der Waals surface area contributed by atoms with Gasteiger partial charge < -0.3 is 10.6 Å². The monoisotopic (exact) mass is 376 g/mol. The van der Waals surface area contributed by atoms with Crippen molar-refractivity contribution in [3.05, 3.63) is 34.4 Å². The van der Waals surface area contributed by atoms with Crippen LogP contribution in [-0.4, -0.2) is 43.7 Å². The number of nitrogens with zero attached hydrogens (tertiary/aromatic N) is 4. The maximum Gasteiger partial charge on any atom is 0.242 e. The Balaban J connectivity index is 2.08. The molecule has 2 rings (SSSR count). The van der Waals surface area contributed by atoms with Crippen LogP contribution < -0.4 is 10.6 Å². The van der Waals surface area contributed by atoms with Crippen molar-refractivity contribution in [2.75, 3.05) is 17.3 Å². The second kappa shape index (κ2) is 9.02. The van der Waals surface area contributed by atoms with Crippen LogP contribution in [0.4, 0.5) is 5.95 Å². The number of carbonyl (C=O) groups is 1. The molecule has 0 aromatic carbocycles. The Morgan fingerprint density at radius 2 is 1.88 bits per heavy atom. The van der Waals surface area contributed by atoms with E-state index in [4.69, 9.17) is 0 Å². The van der Waals surface area contributed by atoms with Crippen molar-refractivity contribution in [3.63, 3.8) is 0 Å². The van der Waals surface area contributed by atoms with E-state index in [0.29, 0.717) is 18.9 Å². The van der Waals surface area contributed by atoms with Gasteiger partial charge in [0.1, 0.15) is 6.04 Å². The molecule has 0 aliphatic carbocycles. The summed E-state index contributed by atoms with van der Waals surface area (Å²) >= 11 is 1.71. The number of amides is 1. The standard InChI is InChI=1S/C18H28N6OS/c1-11-9-12(2)21-18(20-11)22-16(7-8-26-6)17(25)19-10-15-13(3)23-24(5)14(15)4/h9,16H,7-8,10H2,1-6H3,(H,19,25)(H,20,21,22)/t16-/m0/s1. The summed E-state index contributed by atoms with van der Waals surface area (Å²) in [4.78, 5) is 21.5. The number of rotatable bonds is 8. The van der Waals surface area contributed by atoms with Gasteiger partial charge in [-0.2, -0.15) is 16.9 Å². The molecule has 0 saturated heterocycles. The number of hydrogen-bond acceptors (Lipinski definition) is 6. The average molecular weight is 377 g/mol. The van der Waals surface area contributed by atoms with Gasteiger partial charge in [0.05, 0.1) is 5.69 Å². The van der Waals surface area contributed by atoms with Gasteiger partial charge in [0.2, 0.25) is 11.9 Å². The van der Waals surface area contributed by atoms with E-state index >= 15 is 0 Å². The second-order valence-electron chi connectivity index (χ2n) is 6.44. The molecule has 2 heterocycles. The number of nitrogens with one attached hydrogen (secondary N) is 2. The summed E-state index contributed by atoms with van der Waals surface area (Å²) in [6, 6.07) is 1.54. The molecule has 1 amide bonds. The van der Waals surface area contributed by atoms with Crippen molar-refractivity contribution in [3.8, 4) is 0 Å². The maximum absolute atomic E-state index is 12.8. The summed E-state index contributed by atoms with van der Waals surface area (Å²) in [5.74, 6) is 1.32. The van der Waals surface area contributed by atoms with Gasteiger partial charge in [-0.05, 0) is 52.2 Å². The number of anilines is 1. The Morgan fingerprint density at radius 1 is 1.23 bits per heavy atom. The largest absolute Gasteiger partial charge is 0.350 e. The van der Waals surface area contributed by atoms with Crippen LogP contribution in [0.3, 0.4) is 0 Å². The van der Waals surface area contributed by atoms with Crippen LogP contribution >= 0.6 is 11.8 Å². The van der Waals surface area contributed by atoms with Crippen molar-refractivity contribution in [1.82, 2.24) is 25.1 Å². The smallest absolute Gasteiger partial charge is 0.242 e. The summed E-state index contributed by atoms with van der Waals surface area (Å²) in [7, 11) is 1.91. The van der Waals surface area contributed by atoms with Gasteiger partial charge in [-0.1, -0.05) is 0 Å². The predicted octanol–water partition coefficient (Wildman–Crippen LogP) is 2.29. The number of aryl methyl sites for hydroxylation is 4. The normalized spacial score (nSPS) is 12.1. The zero-order valence-electron chi connectivity index (χ0n) is 16.4. The first kappa shape index (κ1) is 20.2. The van der Waals surface area contributed by atoms with Crippen LogP contribution in [0.2, 0.25) is 0 Å². The fraction of sp³-hybridized carbons (Fsp3) is 0.556. The molecule has 142 valence electrons. The van der Waals surface area contributed by atoms with Gasteiger partial charge >= 0.3 is 0 Å². The van der Waals surface area contributed by atoms with Crippen molar-refractivity contribution < 1.29 is 4.79 Å². The van der Waals surface area contributed by atoms with Gasteiger partial charge in [0, 0.05) is 36.2 Å². The summed E-state index contributed by atoms with van der Waals surface area (Å²) < 4.78 is 1.84. The number of thioether (sulfide) groups is 1. The van der Waals surface area contributed by atoms with Gasteiger partial charge in [-0.15, -0.1) is 0 Å². The summed E-state index contributed by atoms with van der Waals surface area (Å²) in [5, 5.41) is 10.6. The highest BCUT2D eigenvalue weighted by molar-refractivity contribution is 7.98. The third kappa shape index (κ3) is 5.20. The lowest BCUT2D eigenvalue weighted by molar-refractivity contribution is -0.122. The van der Waals surface area contributed by atoms with E-state index in [9.17, 15) is 4.79 Å². The summed E-state index contributed by atoms with van der Waals surface area (Å²) in [6.45, 7) is 8.28. The minimum Gasteiger partial charge on any atom is -0.350 e. The zero-order chi connectivity index (χ0) is 19.3. The van der Waals surface area contributed by atoms with Crippen molar-refractivity contribution in [1.29, 1.82) is 0 Å². The summed E-state index contributed by atoms with van der Waals surface area (Å²) in [6.07, 6.45) is 2.74. The molecule has 1 atom stereocenters. The maximum atomic E-state index is 12.8. The van der Waals surface area contributed by atoms with E-state index in [1.807, 2.05) is 51.7 Å². The molecule has 26 heavy (non-hydrogen) atoms. The lowest BCUT2D eigenvalue weighted by Gasteiger charge is -2.18. The first-order valence-corrected chi connectivity index (χ1v) is 10.1. The van der Waals surface area contributed by atoms with E-state index < -0.39 is 0 Å². The Morgan fingerprint density at radius 3 is 2.42 bits per heavy atom. The lowest BCUT2D eigenvalue weighted by Crippen LogP contribution is -2.40. The first-order valence-electron chi connectivity index (χ1n) is 8.66. The van der Waals surface area contributed by atoms with Crippen LogP contribution in [0.5, 0.6) is 0 Å². The van der Waals surface area contributed by atoms with Crippen molar-refractivity contribution in [2.45, 2.75) is 46.7 Å². The van der Waals surface area contributed by atoms with Crippen molar-refractivity contribution in [2.24, 2.45) is 7.05 Å². The van der Waals surface area contributed by atoms with E-state index in [-0.39, 0.29) is 11.9 Å².